The molecular weight excluding hydrogens is 578 g/mol. The maximum absolute atomic E-state index is 13.4. The second kappa shape index (κ2) is 12.1. The summed E-state index contributed by atoms with van der Waals surface area (Å²) in [6, 6.07) is 9.07. The first-order valence-corrected chi connectivity index (χ1v) is 16.8. The molecule has 3 amide bonds. The average molecular weight is 616 g/mol. The van der Waals surface area contributed by atoms with Crippen LogP contribution in [0.3, 0.4) is 0 Å². The van der Waals surface area contributed by atoms with Crippen molar-refractivity contribution in [1.82, 2.24) is 24.7 Å². The summed E-state index contributed by atoms with van der Waals surface area (Å²) in [6.07, 6.45) is 3.75. The molecule has 2 aromatic carbocycles. The second-order valence-corrected chi connectivity index (χ2v) is 14.4. The van der Waals surface area contributed by atoms with Gasteiger partial charge in [0.15, 0.2) is 0 Å². The highest BCUT2D eigenvalue weighted by atomic mass is 35.5. The molecule has 0 spiro atoms. The Morgan fingerprint density at radius 3 is 2.33 bits per heavy atom. The van der Waals surface area contributed by atoms with Crippen molar-refractivity contribution < 1.29 is 22.8 Å². The van der Waals surface area contributed by atoms with Crippen LogP contribution in [0, 0.1) is 17.8 Å². The third-order valence-corrected chi connectivity index (χ3v) is 10.9. The molecule has 0 saturated carbocycles. The molecule has 2 bridgehead atoms. The van der Waals surface area contributed by atoms with Gasteiger partial charge in [-0.25, -0.2) is 8.42 Å². The van der Waals surface area contributed by atoms with E-state index in [0.717, 1.165) is 43.1 Å². The van der Waals surface area contributed by atoms with Gasteiger partial charge in [0, 0.05) is 43.7 Å². The number of benzene rings is 2. The highest BCUT2D eigenvalue weighted by Gasteiger charge is 2.40. The lowest BCUT2D eigenvalue weighted by Gasteiger charge is -2.47. The Morgan fingerprint density at radius 2 is 1.60 bits per heavy atom. The molecule has 4 aliphatic rings. The molecule has 3 atom stereocenters. The van der Waals surface area contributed by atoms with E-state index >= 15 is 0 Å². The molecule has 4 fully saturated rings. The Kier molecular flexibility index (Phi) is 8.46. The summed E-state index contributed by atoms with van der Waals surface area (Å²) < 4.78 is 29.0. The van der Waals surface area contributed by atoms with Gasteiger partial charge >= 0.3 is 0 Å². The fourth-order valence-corrected chi connectivity index (χ4v) is 8.52. The molecule has 10 nitrogen and oxygen atoms in total. The summed E-state index contributed by atoms with van der Waals surface area (Å²) in [5.74, 6) is 0.336. The highest BCUT2D eigenvalue weighted by molar-refractivity contribution is 7.89. The number of halogens is 1. The third-order valence-electron chi connectivity index (χ3n) is 9.17. The van der Waals surface area contributed by atoms with Gasteiger partial charge in [-0.3, -0.25) is 14.4 Å². The lowest BCUT2D eigenvalue weighted by atomic mass is 9.83. The van der Waals surface area contributed by atoms with E-state index in [1.807, 2.05) is 9.80 Å². The molecule has 3 unspecified atom stereocenters. The van der Waals surface area contributed by atoms with Gasteiger partial charge < -0.3 is 20.0 Å². The third kappa shape index (κ3) is 6.29. The number of fused-ring (bicyclic) bond motifs is 3. The van der Waals surface area contributed by atoms with Gasteiger partial charge in [0.2, 0.25) is 27.7 Å². The van der Waals surface area contributed by atoms with Gasteiger partial charge in [-0.05, 0) is 92.1 Å². The van der Waals surface area contributed by atoms with Gasteiger partial charge in [-0.1, -0.05) is 23.7 Å². The average Bonchev–Trinajstić information content (AvgIpc) is 2.98. The normalized spacial score (nSPS) is 25.6. The van der Waals surface area contributed by atoms with Crippen LogP contribution in [0.1, 0.15) is 32.1 Å². The number of carbonyl (C=O) groups excluding carboxylic acids is 3. The van der Waals surface area contributed by atoms with E-state index in [4.69, 9.17) is 11.6 Å². The van der Waals surface area contributed by atoms with Crippen molar-refractivity contribution >= 4 is 50.1 Å². The zero-order valence-corrected chi connectivity index (χ0v) is 25.2. The number of carbonyl (C=O) groups is 3. The lowest BCUT2D eigenvalue weighted by Crippen LogP contribution is -2.59. The predicted molar refractivity (Wildman–Crippen MR) is 159 cm³/mol. The summed E-state index contributed by atoms with van der Waals surface area (Å²) in [6.45, 7) is 4.64. The maximum atomic E-state index is 13.4. The number of piperidine rings is 4. The number of nitrogens with zero attached hydrogens (tertiary/aromatic N) is 3. The monoisotopic (exact) mass is 615 g/mol. The maximum Gasteiger partial charge on any atom is 0.242 e. The minimum Gasteiger partial charge on any atom is -0.342 e. The quantitative estimate of drug-likeness (QED) is 0.514. The summed E-state index contributed by atoms with van der Waals surface area (Å²) in [7, 11) is -3.96. The fourth-order valence-electron chi connectivity index (χ4n) is 7.08. The van der Waals surface area contributed by atoms with Crippen LogP contribution in [-0.4, -0.2) is 99.2 Å². The fraction of sp³-hybridized carbons (Fsp3) is 0.567. The molecule has 0 aromatic heterocycles. The first-order chi connectivity index (χ1) is 20.2. The van der Waals surface area contributed by atoms with E-state index in [1.165, 1.54) is 11.0 Å². The molecule has 226 valence electrons. The van der Waals surface area contributed by atoms with Crippen LogP contribution < -0.4 is 10.0 Å². The highest BCUT2D eigenvalue weighted by Crippen LogP contribution is 2.31. The Bertz CT molecular complexity index is 1470. The molecule has 4 heterocycles. The van der Waals surface area contributed by atoms with Gasteiger partial charge in [0.25, 0.3) is 0 Å². The minimum absolute atomic E-state index is 0.0645. The Hall–Kier alpha value is -2.73. The summed E-state index contributed by atoms with van der Waals surface area (Å²) >= 11 is 6.05. The Balaban J connectivity index is 1.05. The van der Waals surface area contributed by atoms with Crippen LogP contribution in [0.5, 0.6) is 0 Å². The van der Waals surface area contributed by atoms with Gasteiger partial charge in [0.05, 0.1) is 11.4 Å². The number of sulfonamides is 1. The molecule has 6 rings (SSSR count). The smallest absolute Gasteiger partial charge is 0.242 e. The van der Waals surface area contributed by atoms with Crippen LogP contribution >= 0.6 is 11.6 Å². The zero-order valence-electron chi connectivity index (χ0n) is 23.6. The number of amides is 3. The summed E-state index contributed by atoms with van der Waals surface area (Å²) in [5.41, 5.74) is 0. The molecule has 0 radical (unpaired) electrons. The van der Waals surface area contributed by atoms with Crippen LogP contribution in [0.15, 0.2) is 41.3 Å². The van der Waals surface area contributed by atoms with Crippen LogP contribution in [-0.2, 0) is 24.4 Å². The summed E-state index contributed by atoms with van der Waals surface area (Å²) in [5, 5.41) is 5.43. The van der Waals surface area contributed by atoms with Crippen LogP contribution in [0.4, 0.5) is 0 Å². The van der Waals surface area contributed by atoms with E-state index in [0.29, 0.717) is 50.6 Å². The van der Waals surface area contributed by atoms with Gasteiger partial charge in [-0.15, -0.1) is 0 Å². The van der Waals surface area contributed by atoms with E-state index in [9.17, 15) is 22.8 Å². The number of hydrogen-bond acceptors (Lipinski definition) is 6. The van der Waals surface area contributed by atoms with E-state index in [1.54, 1.807) is 30.3 Å². The first kappa shape index (κ1) is 29.3. The Labute approximate surface area is 251 Å². The summed E-state index contributed by atoms with van der Waals surface area (Å²) in [4.78, 5) is 45.2. The minimum atomic E-state index is -3.96. The van der Waals surface area contributed by atoms with Gasteiger partial charge in [-0.2, -0.15) is 4.72 Å². The number of nitrogens with one attached hydrogen (secondary N) is 2. The van der Waals surface area contributed by atoms with E-state index in [-0.39, 0.29) is 46.9 Å². The van der Waals surface area contributed by atoms with Crippen molar-refractivity contribution in [1.29, 1.82) is 0 Å². The molecular formula is C30H38ClN5O5S. The molecule has 4 aliphatic heterocycles. The van der Waals surface area contributed by atoms with Crippen molar-refractivity contribution in [3.63, 3.8) is 0 Å². The van der Waals surface area contributed by atoms with Gasteiger partial charge in [0.1, 0.15) is 6.04 Å². The van der Waals surface area contributed by atoms with Crippen LogP contribution in [0.25, 0.3) is 10.8 Å². The van der Waals surface area contributed by atoms with E-state index < -0.39 is 16.1 Å². The van der Waals surface area contributed by atoms with Crippen molar-refractivity contribution in [2.45, 2.75) is 43.0 Å². The van der Waals surface area contributed by atoms with Crippen molar-refractivity contribution in [2.75, 3.05) is 52.4 Å². The van der Waals surface area contributed by atoms with Crippen molar-refractivity contribution in [3.8, 4) is 0 Å². The molecule has 42 heavy (non-hydrogen) atoms. The first-order valence-electron chi connectivity index (χ1n) is 14.9. The largest absolute Gasteiger partial charge is 0.342 e. The van der Waals surface area contributed by atoms with Crippen molar-refractivity contribution in [3.05, 3.63) is 41.4 Å². The molecule has 4 saturated heterocycles. The number of hydrogen-bond donors (Lipinski definition) is 2. The SMILES string of the molecule is O=C(CN1CCCC(NS(=O)(=O)c2ccc3cc(Cl)ccc3c2)C1=O)N1CC2CC(C1)CN(C(=O)C1CCNCC1)C2. The molecule has 0 aliphatic carbocycles. The molecule has 12 heteroatoms. The number of rotatable bonds is 6. The lowest BCUT2D eigenvalue weighted by molar-refractivity contribution is -0.148. The van der Waals surface area contributed by atoms with Crippen molar-refractivity contribution in [2.24, 2.45) is 17.8 Å². The zero-order chi connectivity index (χ0) is 29.4. The molecule has 2 aromatic rings. The number of likely N-dealkylation sites (tertiary alicyclic amines) is 3. The topological polar surface area (TPSA) is 119 Å². The molecule has 2 N–H and O–H groups in total. The predicted octanol–water partition coefficient (Wildman–Crippen LogP) is 2.07. The standard InChI is InChI=1S/C30H38ClN5O5S/c31-25-5-3-24-14-26(6-4-23(24)13-25)42(40,41)33-27-2-1-11-34(30(27)39)19-28(37)35-15-20-12-21(16-35)18-36(17-20)29(38)22-7-9-32-10-8-22/h3-6,13-14,20-22,27,32-33H,1-2,7-12,15-19H2. The van der Waals surface area contributed by atoms with E-state index in [2.05, 4.69) is 10.0 Å². The van der Waals surface area contributed by atoms with Crippen LogP contribution in [0.2, 0.25) is 5.02 Å². The Morgan fingerprint density at radius 1 is 0.929 bits per heavy atom. The second-order valence-electron chi connectivity index (χ2n) is 12.3.